The maximum Gasteiger partial charge on any atom is 0.264 e. The van der Waals surface area contributed by atoms with Crippen LogP contribution in [-0.2, 0) is 21.2 Å². The van der Waals surface area contributed by atoms with Gasteiger partial charge >= 0.3 is 0 Å². The van der Waals surface area contributed by atoms with Crippen molar-refractivity contribution in [3.63, 3.8) is 0 Å². The van der Waals surface area contributed by atoms with Crippen molar-refractivity contribution in [2.75, 3.05) is 16.2 Å². The van der Waals surface area contributed by atoms with Crippen molar-refractivity contribution >= 4 is 54.8 Å². The van der Waals surface area contributed by atoms with Gasteiger partial charge in [-0.2, -0.15) is 0 Å². The van der Waals surface area contributed by atoms with E-state index in [2.05, 4.69) is 20.7 Å². The minimum atomic E-state index is -4.05. The number of nitrogens with one attached hydrogen (secondary N) is 1. The Morgan fingerprint density at radius 1 is 1.35 bits per heavy atom. The van der Waals surface area contributed by atoms with Crippen LogP contribution in [0.25, 0.3) is 0 Å². The number of anilines is 2. The molecule has 3 rings (SSSR count). The normalized spacial score (nSPS) is 13.6. The zero-order valence-electron chi connectivity index (χ0n) is 13.7. The highest BCUT2D eigenvalue weighted by Gasteiger charge is 2.32. The number of amides is 1. The molecule has 0 aliphatic carbocycles. The fourth-order valence-electron chi connectivity index (χ4n) is 2.89. The molecule has 0 radical (unpaired) electrons. The van der Waals surface area contributed by atoms with E-state index in [1.165, 1.54) is 17.0 Å². The highest BCUT2D eigenvalue weighted by atomic mass is 79.9. The second-order valence-corrected chi connectivity index (χ2v) is 8.76. The second kappa shape index (κ2) is 7.17. The Labute approximate surface area is 164 Å². The van der Waals surface area contributed by atoms with E-state index >= 15 is 0 Å². The van der Waals surface area contributed by atoms with E-state index in [9.17, 15) is 17.6 Å². The molecule has 1 N–H and O–H groups in total. The first-order valence-electron chi connectivity index (χ1n) is 7.83. The summed E-state index contributed by atoms with van der Waals surface area (Å²) in [5, 5.41) is -0.0540. The second-order valence-electron chi connectivity index (χ2n) is 5.79. The molecule has 1 amide bonds. The summed E-state index contributed by atoms with van der Waals surface area (Å²) in [6.45, 7) is 2.15. The van der Waals surface area contributed by atoms with Gasteiger partial charge in [0, 0.05) is 17.4 Å². The quantitative estimate of drug-likeness (QED) is 0.736. The van der Waals surface area contributed by atoms with Gasteiger partial charge in [-0.3, -0.25) is 9.52 Å². The minimum Gasteiger partial charge on any atom is -0.310 e. The Kier molecular flexibility index (Phi) is 5.28. The first kappa shape index (κ1) is 19.1. The molecular weight excluding hydrogens is 447 g/mol. The fourth-order valence-corrected chi connectivity index (χ4v) is 5.17. The van der Waals surface area contributed by atoms with Crippen molar-refractivity contribution in [3.8, 4) is 0 Å². The number of carbonyl (C=O) groups is 1. The molecule has 1 aliphatic rings. The maximum atomic E-state index is 13.2. The summed E-state index contributed by atoms with van der Waals surface area (Å²) in [6, 6.07) is 6.64. The van der Waals surface area contributed by atoms with E-state index in [1.807, 2.05) is 6.07 Å². The van der Waals surface area contributed by atoms with Crippen molar-refractivity contribution < 1.29 is 17.6 Å². The van der Waals surface area contributed by atoms with Gasteiger partial charge in [-0.05, 0) is 42.3 Å². The predicted octanol–water partition coefficient (Wildman–Crippen LogP) is 4.34. The number of hydrogen-bond donors (Lipinski definition) is 1. The van der Waals surface area contributed by atoms with Gasteiger partial charge < -0.3 is 4.90 Å². The SMILES string of the molecule is CCC(=O)N1CCc2cc(Br)cc(S(=O)(=O)Nc3ccc(F)cc3Cl)c21. The van der Waals surface area contributed by atoms with E-state index in [1.54, 1.807) is 6.92 Å². The van der Waals surface area contributed by atoms with Crippen molar-refractivity contribution in [2.24, 2.45) is 0 Å². The molecule has 2 aromatic rings. The molecule has 1 heterocycles. The van der Waals surface area contributed by atoms with Crippen LogP contribution < -0.4 is 9.62 Å². The van der Waals surface area contributed by atoms with Crippen LogP contribution in [0.15, 0.2) is 39.7 Å². The average Bonchev–Trinajstić information content (AvgIpc) is 2.99. The van der Waals surface area contributed by atoms with Crippen LogP contribution in [0.4, 0.5) is 15.8 Å². The summed E-state index contributed by atoms with van der Waals surface area (Å²) < 4.78 is 42.1. The number of fused-ring (bicyclic) bond motifs is 1. The van der Waals surface area contributed by atoms with Crippen LogP contribution in [0.1, 0.15) is 18.9 Å². The summed E-state index contributed by atoms with van der Waals surface area (Å²) in [7, 11) is -4.05. The molecule has 2 aromatic carbocycles. The average molecular weight is 462 g/mol. The van der Waals surface area contributed by atoms with Gasteiger partial charge in [0.15, 0.2) is 0 Å². The lowest BCUT2D eigenvalue weighted by molar-refractivity contribution is -0.118. The number of rotatable bonds is 4. The van der Waals surface area contributed by atoms with Gasteiger partial charge in [-0.25, -0.2) is 12.8 Å². The lowest BCUT2D eigenvalue weighted by Crippen LogP contribution is -2.29. The number of sulfonamides is 1. The number of halogens is 3. The molecule has 5 nitrogen and oxygen atoms in total. The number of nitrogens with zero attached hydrogens (tertiary/aromatic N) is 1. The Morgan fingerprint density at radius 2 is 2.08 bits per heavy atom. The molecule has 26 heavy (non-hydrogen) atoms. The first-order chi connectivity index (χ1) is 12.2. The molecule has 0 aromatic heterocycles. The number of carbonyl (C=O) groups excluding carboxylic acids is 1. The van der Waals surface area contributed by atoms with E-state index in [4.69, 9.17) is 11.6 Å². The zero-order chi connectivity index (χ0) is 19.1. The fraction of sp³-hybridized carbons (Fsp3) is 0.235. The summed E-state index contributed by atoms with van der Waals surface area (Å²) >= 11 is 9.25. The van der Waals surface area contributed by atoms with Gasteiger partial charge in [0.2, 0.25) is 5.91 Å². The smallest absolute Gasteiger partial charge is 0.264 e. The first-order valence-corrected chi connectivity index (χ1v) is 10.5. The largest absolute Gasteiger partial charge is 0.310 e. The molecule has 0 spiro atoms. The molecule has 0 atom stereocenters. The molecule has 0 saturated heterocycles. The lowest BCUT2D eigenvalue weighted by Gasteiger charge is -2.21. The van der Waals surface area contributed by atoms with Crippen molar-refractivity contribution in [3.05, 3.63) is 51.2 Å². The van der Waals surface area contributed by atoms with Crippen LogP contribution in [0.5, 0.6) is 0 Å². The van der Waals surface area contributed by atoms with E-state index in [-0.39, 0.29) is 27.9 Å². The molecule has 0 bridgehead atoms. The molecule has 1 aliphatic heterocycles. The Morgan fingerprint density at radius 3 is 2.73 bits per heavy atom. The standard InChI is InChI=1S/C17H15BrClFN2O3S/c1-2-16(23)22-6-5-10-7-11(18)8-15(17(10)22)26(24,25)21-14-4-3-12(20)9-13(14)19/h3-4,7-9,21H,2,5-6H2,1H3. The van der Waals surface area contributed by atoms with Gasteiger partial charge in [0.25, 0.3) is 10.0 Å². The predicted molar refractivity (Wildman–Crippen MR) is 103 cm³/mol. The number of hydrogen-bond acceptors (Lipinski definition) is 3. The summed E-state index contributed by atoms with van der Waals surface area (Å²) in [4.78, 5) is 13.7. The Bertz CT molecular complexity index is 998. The van der Waals surface area contributed by atoms with Crippen molar-refractivity contribution in [1.29, 1.82) is 0 Å². The topological polar surface area (TPSA) is 66.5 Å². The summed E-state index contributed by atoms with van der Waals surface area (Å²) in [5.41, 5.74) is 1.21. The summed E-state index contributed by atoms with van der Waals surface area (Å²) in [5.74, 6) is -0.719. The van der Waals surface area contributed by atoms with Crippen LogP contribution >= 0.6 is 27.5 Å². The van der Waals surface area contributed by atoms with Gasteiger partial charge in [-0.1, -0.05) is 34.5 Å². The Hall–Kier alpha value is -1.64. The maximum absolute atomic E-state index is 13.2. The molecule has 138 valence electrons. The van der Waals surface area contributed by atoms with Crippen LogP contribution in [0, 0.1) is 5.82 Å². The van der Waals surface area contributed by atoms with Gasteiger partial charge in [0.1, 0.15) is 10.7 Å². The highest BCUT2D eigenvalue weighted by Crippen LogP contribution is 2.39. The van der Waals surface area contributed by atoms with Gasteiger partial charge in [-0.15, -0.1) is 0 Å². The third-order valence-corrected chi connectivity index (χ3v) is 6.21. The van der Waals surface area contributed by atoms with E-state index in [0.717, 1.165) is 17.7 Å². The highest BCUT2D eigenvalue weighted by molar-refractivity contribution is 9.10. The van der Waals surface area contributed by atoms with Crippen molar-refractivity contribution in [2.45, 2.75) is 24.7 Å². The molecular formula is C17H15BrClFN2O3S. The Balaban J connectivity index is 2.09. The van der Waals surface area contributed by atoms with E-state index < -0.39 is 15.8 Å². The monoisotopic (exact) mass is 460 g/mol. The molecule has 0 saturated carbocycles. The van der Waals surface area contributed by atoms with Crippen LogP contribution in [-0.4, -0.2) is 20.9 Å². The zero-order valence-corrected chi connectivity index (χ0v) is 16.9. The van der Waals surface area contributed by atoms with Crippen molar-refractivity contribution in [1.82, 2.24) is 0 Å². The van der Waals surface area contributed by atoms with Crippen LogP contribution in [0.3, 0.4) is 0 Å². The molecule has 9 heteroatoms. The molecule has 0 fully saturated rings. The number of benzene rings is 2. The van der Waals surface area contributed by atoms with Crippen LogP contribution in [0.2, 0.25) is 5.02 Å². The third-order valence-electron chi connectivity index (χ3n) is 4.06. The van der Waals surface area contributed by atoms with E-state index in [0.29, 0.717) is 23.1 Å². The minimum absolute atomic E-state index is 0.0263. The third kappa shape index (κ3) is 3.58. The summed E-state index contributed by atoms with van der Waals surface area (Å²) in [6.07, 6.45) is 0.840. The lowest BCUT2D eigenvalue weighted by atomic mass is 10.2. The van der Waals surface area contributed by atoms with Gasteiger partial charge in [0.05, 0.1) is 16.4 Å². The molecule has 0 unspecified atom stereocenters.